The van der Waals surface area contributed by atoms with Gasteiger partial charge in [0.1, 0.15) is 25.1 Å². The lowest BCUT2D eigenvalue weighted by Crippen LogP contribution is -2.33. The summed E-state index contributed by atoms with van der Waals surface area (Å²) in [4.78, 5) is 16.2. The number of ether oxygens (including phenoxy) is 2. The number of nitrogens with zero attached hydrogens (tertiary/aromatic N) is 3. The third kappa shape index (κ3) is 5.08. The van der Waals surface area contributed by atoms with Crippen LogP contribution in [-0.2, 0) is 11.3 Å². The first kappa shape index (κ1) is 22.7. The van der Waals surface area contributed by atoms with E-state index in [1.807, 2.05) is 42.5 Å². The highest BCUT2D eigenvalue weighted by atomic mass is 16.6. The zero-order valence-electron chi connectivity index (χ0n) is 19.8. The highest BCUT2D eigenvalue weighted by Gasteiger charge is 2.27. The molecule has 3 N–H and O–H groups in total. The van der Waals surface area contributed by atoms with Crippen molar-refractivity contribution in [1.82, 2.24) is 15.4 Å². The first-order valence-corrected chi connectivity index (χ1v) is 11.8. The number of aliphatic imine (C=N–C) groups is 1. The van der Waals surface area contributed by atoms with Crippen molar-refractivity contribution in [2.75, 3.05) is 18.6 Å². The lowest BCUT2D eigenvalue weighted by molar-refractivity contribution is 0.130. The molecule has 2 aromatic carbocycles. The van der Waals surface area contributed by atoms with Crippen molar-refractivity contribution in [2.24, 2.45) is 10.9 Å². The summed E-state index contributed by atoms with van der Waals surface area (Å²) in [7, 11) is 0. The minimum Gasteiger partial charge on any atom is -0.486 e. The van der Waals surface area contributed by atoms with Crippen LogP contribution in [0.1, 0.15) is 32.3 Å². The Balaban J connectivity index is 1.48. The third-order valence-corrected chi connectivity index (χ3v) is 5.99. The molecule has 0 atom stereocenters. The highest BCUT2D eigenvalue weighted by Crippen LogP contribution is 2.39. The van der Waals surface area contributed by atoms with Gasteiger partial charge in [-0.2, -0.15) is 5.26 Å². The number of aromatic nitrogens is 1. The summed E-state index contributed by atoms with van der Waals surface area (Å²) in [5.74, 6) is 2.08. The molecule has 0 saturated heterocycles. The molecule has 1 aliphatic heterocycles. The van der Waals surface area contributed by atoms with E-state index in [2.05, 4.69) is 31.8 Å². The van der Waals surface area contributed by atoms with Gasteiger partial charge in [0.25, 0.3) is 0 Å². The average molecular weight is 473 g/mol. The minimum atomic E-state index is -0.490. The van der Waals surface area contributed by atoms with Crippen LogP contribution in [0.4, 0.5) is 10.5 Å². The van der Waals surface area contributed by atoms with E-state index in [1.54, 1.807) is 13.8 Å². The Morgan fingerprint density at radius 2 is 2.06 bits per heavy atom. The normalized spacial score (nSPS) is 15.0. The van der Waals surface area contributed by atoms with Crippen molar-refractivity contribution in [2.45, 2.75) is 39.3 Å². The number of nitrogens with one attached hydrogen (secondary N) is 3. The van der Waals surface area contributed by atoms with Gasteiger partial charge < -0.3 is 19.5 Å². The maximum Gasteiger partial charge on any atom is 0.411 e. The molecule has 2 heterocycles. The number of carbonyl (C=O) groups excluding carboxylic acids is 1. The van der Waals surface area contributed by atoms with Gasteiger partial charge in [-0.15, -0.1) is 0 Å². The van der Waals surface area contributed by atoms with Crippen LogP contribution in [-0.4, -0.2) is 35.9 Å². The van der Waals surface area contributed by atoms with E-state index in [0.717, 1.165) is 40.3 Å². The molecule has 0 radical (unpaired) electrons. The second kappa shape index (κ2) is 9.68. The lowest BCUT2D eigenvalue weighted by atomic mass is 10.1. The van der Waals surface area contributed by atoms with Gasteiger partial charge in [-0.05, 0) is 62.4 Å². The standard InChI is InChI=1S/C26H28N6O3/c1-16(2)35-26(33)30-19-7-5-18(6-8-19)25-22(12-27)21-10-9-20(34-14-24-28-15-29-31-24)11-23(21)32(25)13-17-3-4-17/h5-11,16-17,29H,3-4,13-15H2,1-2H3,(H,28,31)(H,30,33). The molecule has 1 amide bonds. The number of hydrazine groups is 1. The number of hydrogen-bond acceptors (Lipinski definition) is 7. The van der Waals surface area contributed by atoms with E-state index < -0.39 is 6.09 Å². The number of fused-ring (bicyclic) bond motifs is 1. The largest absolute Gasteiger partial charge is 0.486 e. The fourth-order valence-corrected chi connectivity index (χ4v) is 4.20. The molecule has 0 unspecified atom stereocenters. The maximum absolute atomic E-state index is 11.9. The van der Waals surface area contributed by atoms with Crippen LogP contribution in [0.2, 0.25) is 0 Å². The number of rotatable bonds is 8. The fraction of sp³-hybridized carbons (Fsp3) is 0.346. The summed E-state index contributed by atoms with van der Waals surface area (Å²) in [6.07, 6.45) is 1.70. The van der Waals surface area contributed by atoms with Crippen LogP contribution in [0.15, 0.2) is 47.5 Å². The molecular formula is C26H28N6O3. The average Bonchev–Trinajstić information content (AvgIpc) is 3.40. The predicted octanol–water partition coefficient (Wildman–Crippen LogP) is 4.39. The van der Waals surface area contributed by atoms with Crippen LogP contribution < -0.4 is 20.9 Å². The van der Waals surface area contributed by atoms with Crippen LogP contribution in [0, 0.1) is 17.2 Å². The molecular weight excluding hydrogens is 444 g/mol. The summed E-state index contributed by atoms with van der Waals surface area (Å²) >= 11 is 0. The number of carbonyl (C=O) groups is 1. The SMILES string of the molecule is CC(C)OC(=O)Nc1ccc(-c2c(C#N)c3ccc(OCC4=NCNN4)cc3n2CC2CC2)cc1. The first-order chi connectivity index (χ1) is 17.0. The van der Waals surface area contributed by atoms with Gasteiger partial charge in [-0.3, -0.25) is 10.3 Å². The second-order valence-corrected chi connectivity index (χ2v) is 9.08. The zero-order chi connectivity index (χ0) is 24.4. The van der Waals surface area contributed by atoms with Gasteiger partial charge in [-0.1, -0.05) is 12.1 Å². The predicted molar refractivity (Wildman–Crippen MR) is 134 cm³/mol. The summed E-state index contributed by atoms with van der Waals surface area (Å²) in [6, 6.07) is 15.8. The van der Waals surface area contributed by atoms with Gasteiger partial charge in [-0.25, -0.2) is 10.2 Å². The van der Waals surface area contributed by atoms with E-state index in [9.17, 15) is 10.1 Å². The molecule has 35 heavy (non-hydrogen) atoms. The first-order valence-electron chi connectivity index (χ1n) is 11.8. The monoisotopic (exact) mass is 472 g/mol. The van der Waals surface area contributed by atoms with Crippen LogP contribution in [0.3, 0.4) is 0 Å². The number of benzene rings is 2. The Kier molecular flexibility index (Phi) is 6.29. The fourth-order valence-electron chi connectivity index (χ4n) is 4.20. The molecule has 180 valence electrons. The van der Waals surface area contributed by atoms with E-state index in [4.69, 9.17) is 9.47 Å². The molecule has 1 fully saturated rings. The summed E-state index contributed by atoms with van der Waals surface area (Å²) in [5.41, 5.74) is 9.95. The van der Waals surface area contributed by atoms with Gasteiger partial charge in [0.2, 0.25) is 0 Å². The molecule has 2 aliphatic rings. The molecule has 0 spiro atoms. The quantitative estimate of drug-likeness (QED) is 0.448. The van der Waals surface area contributed by atoms with E-state index in [-0.39, 0.29) is 6.10 Å². The van der Waals surface area contributed by atoms with Crippen molar-refractivity contribution in [3.8, 4) is 23.1 Å². The van der Waals surface area contributed by atoms with Crippen molar-refractivity contribution in [3.05, 3.63) is 48.0 Å². The van der Waals surface area contributed by atoms with E-state index >= 15 is 0 Å². The summed E-state index contributed by atoms with van der Waals surface area (Å²) in [5, 5.41) is 13.8. The number of amides is 1. The van der Waals surface area contributed by atoms with Gasteiger partial charge in [0.05, 0.1) is 22.9 Å². The number of hydrogen-bond donors (Lipinski definition) is 3. The van der Waals surface area contributed by atoms with Gasteiger partial charge in [0.15, 0.2) is 5.84 Å². The second-order valence-electron chi connectivity index (χ2n) is 9.08. The lowest BCUT2D eigenvalue weighted by Gasteiger charge is -2.13. The van der Waals surface area contributed by atoms with Gasteiger partial charge in [0, 0.05) is 23.7 Å². The van der Waals surface area contributed by atoms with Crippen molar-refractivity contribution < 1.29 is 14.3 Å². The van der Waals surface area contributed by atoms with Crippen LogP contribution in [0.25, 0.3) is 22.2 Å². The number of nitriles is 1. The molecule has 9 nitrogen and oxygen atoms in total. The Hall–Kier alpha value is -4.03. The van der Waals surface area contributed by atoms with Crippen molar-refractivity contribution in [1.29, 1.82) is 5.26 Å². The number of anilines is 1. The number of amidine groups is 1. The summed E-state index contributed by atoms with van der Waals surface area (Å²) < 4.78 is 13.4. The van der Waals surface area contributed by atoms with Crippen LogP contribution in [0.5, 0.6) is 5.75 Å². The highest BCUT2D eigenvalue weighted by molar-refractivity contribution is 5.96. The molecule has 1 aromatic heterocycles. The Morgan fingerprint density at radius 1 is 1.26 bits per heavy atom. The Morgan fingerprint density at radius 3 is 2.71 bits per heavy atom. The zero-order valence-corrected chi connectivity index (χ0v) is 19.8. The molecule has 1 aliphatic carbocycles. The van der Waals surface area contributed by atoms with E-state index in [1.165, 1.54) is 12.8 Å². The topological polar surface area (TPSA) is 113 Å². The van der Waals surface area contributed by atoms with Gasteiger partial charge >= 0.3 is 6.09 Å². The Labute approximate surface area is 203 Å². The molecule has 0 bridgehead atoms. The van der Waals surface area contributed by atoms with E-state index in [0.29, 0.717) is 30.4 Å². The smallest absolute Gasteiger partial charge is 0.411 e. The summed E-state index contributed by atoms with van der Waals surface area (Å²) in [6.45, 7) is 5.32. The molecule has 1 saturated carbocycles. The maximum atomic E-state index is 11.9. The minimum absolute atomic E-state index is 0.196. The third-order valence-electron chi connectivity index (χ3n) is 5.99. The molecule has 3 aromatic rings. The van der Waals surface area contributed by atoms with Crippen LogP contribution >= 0.6 is 0 Å². The Bertz CT molecular complexity index is 1320. The molecule has 9 heteroatoms. The molecule has 5 rings (SSSR count). The van der Waals surface area contributed by atoms with Crippen molar-refractivity contribution in [3.63, 3.8) is 0 Å². The van der Waals surface area contributed by atoms with Crippen molar-refractivity contribution >= 4 is 28.5 Å².